The minimum atomic E-state index is -0.192. The molecule has 0 aliphatic heterocycles. The maximum atomic E-state index is 12.1. The van der Waals surface area contributed by atoms with Gasteiger partial charge in [-0.05, 0) is 50.9 Å². The van der Waals surface area contributed by atoms with E-state index in [1.165, 1.54) is 12.8 Å². The molecule has 3 unspecified atom stereocenters. The Balaban J connectivity index is 1.79. The summed E-state index contributed by atoms with van der Waals surface area (Å²) in [5, 5.41) is 0. The van der Waals surface area contributed by atoms with Crippen molar-refractivity contribution in [2.75, 3.05) is 0 Å². The normalized spacial score (nSPS) is 50.6. The van der Waals surface area contributed by atoms with E-state index >= 15 is 0 Å². The average molecular weight is 234 g/mol. The quantitative estimate of drug-likeness (QED) is 0.553. The first-order valence-corrected chi connectivity index (χ1v) is 6.85. The Morgan fingerprint density at radius 3 is 2.35 bits per heavy atom. The molecule has 0 aromatic rings. The lowest BCUT2D eigenvalue weighted by Gasteiger charge is -2.33. The molecule has 4 bridgehead atoms. The number of hydrogen-bond acceptors (Lipinski definition) is 2. The van der Waals surface area contributed by atoms with E-state index in [0.717, 1.165) is 23.8 Å². The van der Waals surface area contributed by atoms with Gasteiger partial charge in [-0.3, -0.25) is 0 Å². The predicted molar refractivity (Wildman–Crippen MR) is 66.4 cm³/mol. The van der Waals surface area contributed by atoms with E-state index in [4.69, 9.17) is 4.74 Å². The van der Waals surface area contributed by atoms with Crippen LogP contribution in [0.3, 0.4) is 0 Å². The van der Waals surface area contributed by atoms with Crippen molar-refractivity contribution in [3.8, 4) is 0 Å². The molecule has 17 heavy (non-hydrogen) atoms. The molecule has 0 aromatic carbocycles. The van der Waals surface area contributed by atoms with E-state index in [1.54, 1.807) is 0 Å². The number of carbonyl (C=O) groups is 1. The van der Waals surface area contributed by atoms with Gasteiger partial charge in [0.15, 0.2) is 0 Å². The molecular weight excluding hydrogens is 212 g/mol. The highest BCUT2D eigenvalue weighted by Gasteiger charge is 2.83. The summed E-state index contributed by atoms with van der Waals surface area (Å²) in [4.78, 5) is 12.1. The lowest BCUT2D eigenvalue weighted by atomic mass is 9.86. The summed E-state index contributed by atoms with van der Waals surface area (Å²) in [5.41, 5.74) is 0.862. The van der Waals surface area contributed by atoms with Gasteiger partial charge in [0.05, 0.1) is 0 Å². The molecule has 4 saturated carbocycles. The van der Waals surface area contributed by atoms with Crippen LogP contribution in [0.15, 0.2) is 11.6 Å². The van der Waals surface area contributed by atoms with E-state index in [1.807, 2.05) is 19.9 Å². The van der Waals surface area contributed by atoms with Crippen LogP contribution in [-0.2, 0) is 9.53 Å². The van der Waals surface area contributed by atoms with Gasteiger partial charge in [-0.15, -0.1) is 0 Å². The second-order valence-electron chi connectivity index (χ2n) is 6.46. The van der Waals surface area contributed by atoms with Crippen molar-refractivity contribution in [2.24, 2.45) is 23.2 Å². The Morgan fingerprint density at radius 2 is 1.94 bits per heavy atom. The molecular formula is C15H22O2. The number of ether oxygens (including phenoxy) is 1. The number of esters is 1. The minimum absolute atomic E-state index is 0.103. The third-order valence-electron chi connectivity index (χ3n) is 5.98. The Hall–Kier alpha value is -0.790. The highest BCUT2D eigenvalue weighted by molar-refractivity contribution is 5.88. The smallest absolute Gasteiger partial charge is 0.333 e. The number of carbonyl (C=O) groups excluding carboxylic acids is 1. The van der Waals surface area contributed by atoms with Crippen molar-refractivity contribution >= 4 is 5.97 Å². The molecule has 0 spiro atoms. The molecule has 2 nitrogen and oxygen atoms in total. The highest BCUT2D eigenvalue weighted by Crippen LogP contribution is 2.83. The number of rotatable bonds is 3. The van der Waals surface area contributed by atoms with Gasteiger partial charge in [-0.25, -0.2) is 4.79 Å². The molecule has 3 atom stereocenters. The van der Waals surface area contributed by atoms with Crippen LogP contribution in [0, 0.1) is 23.2 Å². The van der Waals surface area contributed by atoms with Gasteiger partial charge in [-0.2, -0.15) is 0 Å². The third-order valence-corrected chi connectivity index (χ3v) is 5.98. The van der Waals surface area contributed by atoms with E-state index < -0.39 is 0 Å². The maximum absolute atomic E-state index is 12.1. The Morgan fingerprint density at radius 1 is 1.35 bits per heavy atom. The molecule has 4 fully saturated rings. The Kier molecular flexibility index (Phi) is 2.10. The monoisotopic (exact) mass is 234 g/mol. The topological polar surface area (TPSA) is 26.3 Å². The largest absolute Gasteiger partial charge is 0.455 e. The molecule has 0 saturated heterocycles. The highest BCUT2D eigenvalue weighted by atomic mass is 16.6. The van der Waals surface area contributed by atoms with Gasteiger partial charge in [-0.1, -0.05) is 19.9 Å². The van der Waals surface area contributed by atoms with Gasteiger partial charge in [0.1, 0.15) is 5.60 Å². The van der Waals surface area contributed by atoms with Gasteiger partial charge >= 0.3 is 5.97 Å². The summed E-state index contributed by atoms with van der Waals surface area (Å²) in [6.45, 7) is 8.40. The molecule has 0 amide bonds. The van der Waals surface area contributed by atoms with Crippen LogP contribution in [0.4, 0.5) is 0 Å². The van der Waals surface area contributed by atoms with Crippen LogP contribution in [0.1, 0.15) is 47.0 Å². The fourth-order valence-corrected chi connectivity index (χ4v) is 4.71. The molecule has 0 heterocycles. The number of allylic oxidation sites excluding steroid dienone is 1. The van der Waals surface area contributed by atoms with E-state index in [-0.39, 0.29) is 11.6 Å². The first-order valence-electron chi connectivity index (χ1n) is 6.85. The molecule has 0 aromatic heterocycles. The van der Waals surface area contributed by atoms with Crippen LogP contribution in [-0.4, -0.2) is 11.6 Å². The van der Waals surface area contributed by atoms with Gasteiger partial charge in [0.2, 0.25) is 0 Å². The average Bonchev–Trinajstić information content (AvgIpc) is 2.64. The van der Waals surface area contributed by atoms with Crippen LogP contribution in [0.5, 0.6) is 0 Å². The van der Waals surface area contributed by atoms with Crippen molar-refractivity contribution in [2.45, 2.75) is 52.6 Å². The van der Waals surface area contributed by atoms with E-state index in [2.05, 4.69) is 13.8 Å². The summed E-state index contributed by atoms with van der Waals surface area (Å²) in [5.74, 6) is 2.18. The molecule has 2 heteroatoms. The molecule has 4 aliphatic carbocycles. The van der Waals surface area contributed by atoms with E-state index in [9.17, 15) is 4.79 Å². The number of hydrogen-bond donors (Lipinski definition) is 0. The lowest BCUT2D eigenvalue weighted by Crippen LogP contribution is -2.40. The van der Waals surface area contributed by atoms with Crippen molar-refractivity contribution in [3.63, 3.8) is 0 Å². The summed E-state index contributed by atoms with van der Waals surface area (Å²) < 4.78 is 5.92. The minimum Gasteiger partial charge on any atom is -0.455 e. The second-order valence-corrected chi connectivity index (χ2v) is 6.46. The van der Waals surface area contributed by atoms with Crippen LogP contribution >= 0.6 is 0 Å². The zero-order valence-corrected chi connectivity index (χ0v) is 11.2. The van der Waals surface area contributed by atoms with Crippen molar-refractivity contribution in [1.82, 2.24) is 0 Å². The second kappa shape index (κ2) is 3.15. The van der Waals surface area contributed by atoms with E-state index in [0.29, 0.717) is 11.3 Å². The molecule has 4 aliphatic rings. The molecule has 4 rings (SSSR count). The first-order chi connectivity index (χ1) is 7.95. The zero-order chi connectivity index (χ0) is 12.4. The SMILES string of the molecule is CC/C=C(\C)C(=O)OC1(C)C2CC3C(C2)C31C. The fraction of sp³-hybridized carbons (Fsp3) is 0.800. The van der Waals surface area contributed by atoms with Crippen molar-refractivity contribution in [3.05, 3.63) is 11.6 Å². The standard InChI is InChI=1S/C15H22O2/c1-5-6-9(2)13(16)17-15(4)10-7-11-12(8-10)14(11,15)3/h6,10-12H,5,7-8H2,1-4H3/b9-6+. The zero-order valence-electron chi connectivity index (χ0n) is 11.2. The van der Waals surface area contributed by atoms with Crippen LogP contribution in [0.2, 0.25) is 0 Å². The van der Waals surface area contributed by atoms with Gasteiger partial charge in [0, 0.05) is 11.0 Å². The third kappa shape index (κ3) is 1.14. The van der Waals surface area contributed by atoms with Crippen LogP contribution < -0.4 is 0 Å². The van der Waals surface area contributed by atoms with Crippen molar-refractivity contribution in [1.29, 1.82) is 0 Å². The Bertz CT molecular complexity index is 397. The van der Waals surface area contributed by atoms with Gasteiger partial charge in [0.25, 0.3) is 0 Å². The molecule has 0 N–H and O–H groups in total. The summed E-state index contributed by atoms with van der Waals surface area (Å²) in [7, 11) is 0. The van der Waals surface area contributed by atoms with Crippen molar-refractivity contribution < 1.29 is 9.53 Å². The Labute approximate surface area is 103 Å². The fourth-order valence-electron chi connectivity index (χ4n) is 4.71. The lowest BCUT2D eigenvalue weighted by molar-refractivity contribution is -0.161. The molecule has 0 radical (unpaired) electrons. The van der Waals surface area contributed by atoms with Crippen LogP contribution in [0.25, 0.3) is 0 Å². The maximum Gasteiger partial charge on any atom is 0.333 e. The predicted octanol–water partition coefficient (Wildman–Crippen LogP) is 3.32. The molecule has 94 valence electrons. The summed E-state index contributed by atoms with van der Waals surface area (Å²) in [6, 6.07) is 0. The summed E-state index contributed by atoms with van der Waals surface area (Å²) >= 11 is 0. The van der Waals surface area contributed by atoms with Gasteiger partial charge < -0.3 is 4.74 Å². The summed E-state index contributed by atoms with van der Waals surface area (Å²) in [6.07, 6.45) is 5.41. The first kappa shape index (κ1) is 11.3.